The molecule has 0 atom stereocenters. The van der Waals surface area contributed by atoms with Crippen LogP contribution in [0.25, 0.3) is 0 Å². The molecule has 16 heavy (non-hydrogen) atoms. The normalized spacial score (nSPS) is 11.4. The predicted octanol–water partition coefficient (Wildman–Crippen LogP) is 4.05. The Balaban J connectivity index is 2.96. The van der Waals surface area contributed by atoms with Gasteiger partial charge >= 0.3 is 0 Å². The van der Waals surface area contributed by atoms with Crippen LogP contribution in [0.4, 0.5) is 5.69 Å². The van der Waals surface area contributed by atoms with Crippen LogP contribution in [0.3, 0.4) is 0 Å². The minimum atomic E-state index is -0.366. The number of aryl methyl sites for hydroxylation is 2. The fourth-order valence-corrected chi connectivity index (χ4v) is 1.57. The van der Waals surface area contributed by atoms with Crippen LogP contribution in [0, 0.1) is 19.3 Å². The van der Waals surface area contributed by atoms with Crippen molar-refractivity contribution in [2.75, 3.05) is 5.32 Å². The zero-order valence-electron chi connectivity index (χ0n) is 10.4. The number of anilines is 1. The second-order valence-electron chi connectivity index (χ2n) is 5.13. The van der Waals surface area contributed by atoms with Gasteiger partial charge in [-0.25, -0.2) is 0 Å². The second kappa shape index (κ2) is 4.58. The highest BCUT2D eigenvalue weighted by Gasteiger charge is 2.21. The van der Waals surface area contributed by atoms with E-state index in [1.165, 1.54) is 0 Å². The Morgan fingerprint density at radius 3 is 2.00 bits per heavy atom. The summed E-state index contributed by atoms with van der Waals surface area (Å²) in [4.78, 5) is 11.8. The van der Waals surface area contributed by atoms with Crippen molar-refractivity contribution >= 4 is 27.5 Å². The van der Waals surface area contributed by atoms with E-state index in [-0.39, 0.29) is 11.3 Å². The molecule has 0 aromatic heterocycles. The van der Waals surface area contributed by atoms with Gasteiger partial charge in [0.2, 0.25) is 5.91 Å². The van der Waals surface area contributed by atoms with Gasteiger partial charge in [-0.2, -0.15) is 0 Å². The molecule has 0 unspecified atom stereocenters. The molecule has 0 aliphatic heterocycles. The van der Waals surface area contributed by atoms with Gasteiger partial charge in [0.1, 0.15) is 0 Å². The van der Waals surface area contributed by atoms with Crippen molar-refractivity contribution in [3.8, 4) is 0 Å². The van der Waals surface area contributed by atoms with Gasteiger partial charge in [0.05, 0.1) is 0 Å². The molecule has 0 saturated heterocycles. The highest BCUT2D eigenvalue weighted by Crippen LogP contribution is 2.26. The smallest absolute Gasteiger partial charge is 0.229 e. The average Bonchev–Trinajstić information content (AvgIpc) is 2.12. The first-order chi connectivity index (χ1) is 7.21. The first-order valence-corrected chi connectivity index (χ1v) is 6.09. The van der Waals surface area contributed by atoms with E-state index in [0.717, 1.165) is 21.3 Å². The van der Waals surface area contributed by atoms with E-state index in [9.17, 15) is 4.79 Å². The van der Waals surface area contributed by atoms with Crippen molar-refractivity contribution < 1.29 is 4.79 Å². The second-order valence-corrected chi connectivity index (χ2v) is 5.92. The fourth-order valence-electron chi connectivity index (χ4n) is 1.34. The first kappa shape index (κ1) is 13.2. The summed E-state index contributed by atoms with van der Waals surface area (Å²) in [5.74, 6) is 0.0358. The molecule has 1 aromatic carbocycles. The number of carbonyl (C=O) groups is 1. The highest BCUT2D eigenvalue weighted by atomic mass is 79.9. The Kier molecular flexibility index (Phi) is 3.79. The number of nitrogens with one attached hydrogen (secondary N) is 1. The van der Waals surface area contributed by atoms with E-state index in [1.807, 2.05) is 46.8 Å². The van der Waals surface area contributed by atoms with Crippen molar-refractivity contribution in [3.63, 3.8) is 0 Å². The van der Waals surface area contributed by atoms with Gasteiger partial charge in [-0.15, -0.1) is 0 Å². The lowest BCUT2D eigenvalue weighted by Gasteiger charge is -2.18. The van der Waals surface area contributed by atoms with Gasteiger partial charge in [-0.1, -0.05) is 36.7 Å². The molecule has 88 valence electrons. The standard InChI is InChI=1S/C13H18BrNO/c1-8-6-10(7-9(2)11(8)14)15-12(16)13(3,4)5/h6-7H,1-5H3,(H,15,16). The Morgan fingerprint density at radius 2 is 1.62 bits per heavy atom. The molecule has 2 nitrogen and oxygen atoms in total. The molecule has 0 saturated carbocycles. The highest BCUT2D eigenvalue weighted by molar-refractivity contribution is 9.10. The van der Waals surface area contributed by atoms with Gasteiger partial charge in [-0.3, -0.25) is 4.79 Å². The van der Waals surface area contributed by atoms with Crippen molar-refractivity contribution in [2.24, 2.45) is 5.41 Å². The molecule has 0 spiro atoms. The quantitative estimate of drug-likeness (QED) is 0.828. The molecule has 0 radical (unpaired) electrons. The summed E-state index contributed by atoms with van der Waals surface area (Å²) in [7, 11) is 0. The van der Waals surface area contributed by atoms with Crippen LogP contribution >= 0.6 is 15.9 Å². The summed E-state index contributed by atoms with van der Waals surface area (Å²) in [6, 6.07) is 3.95. The number of benzene rings is 1. The molecule has 1 aromatic rings. The molecule has 0 aliphatic carbocycles. The van der Waals surface area contributed by atoms with Crippen LogP contribution in [-0.4, -0.2) is 5.91 Å². The number of halogens is 1. The van der Waals surface area contributed by atoms with E-state index in [0.29, 0.717) is 0 Å². The maximum atomic E-state index is 11.8. The number of rotatable bonds is 1. The number of hydrogen-bond acceptors (Lipinski definition) is 1. The lowest BCUT2D eigenvalue weighted by atomic mass is 9.95. The van der Waals surface area contributed by atoms with Crippen molar-refractivity contribution in [3.05, 3.63) is 27.7 Å². The summed E-state index contributed by atoms with van der Waals surface area (Å²) in [5, 5.41) is 2.93. The molecule has 3 heteroatoms. The number of carbonyl (C=O) groups excluding carboxylic acids is 1. The zero-order valence-corrected chi connectivity index (χ0v) is 12.0. The van der Waals surface area contributed by atoms with E-state index < -0.39 is 0 Å². The monoisotopic (exact) mass is 283 g/mol. The SMILES string of the molecule is Cc1cc(NC(=O)C(C)(C)C)cc(C)c1Br. The number of hydrogen-bond donors (Lipinski definition) is 1. The van der Waals surface area contributed by atoms with Crippen LogP contribution < -0.4 is 5.32 Å². The van der Waals surface area contributed by atoms with Crippen LogP contribution in [0.1, 0.15) is 31.9 Å². The van der Waals surface area contributed by atoms with Gasteiger partial charge in [-0.05, 0) is 37.1 Å². The molecule has 0 heterocycles. The van der Waals surface area contributed by atoms with Gasteiger partial charge < -0.3 is 5.32 Å². The zero-order chi connectivity index (χ0) is 12.5. The first-order valence-electron chi connectivity index (χ1n) is 5.30. The van der Waals surface area contributed by atoms with E-state index in [1.54, 1.807) is 0 Å². The van der Waals surface area contributed by atoms with Crippen LogP contribution in [0.2, 0.25) is 0 Å². The summed E-state index contributed by atoms with van der Waals surface area (Å²) in [6.07, 6.45) is 0. The molecule has 0 bridgehead atoms. The molecule has 1 rings (SSSR count). The minimum Gasteiger partial charge on any atom is -0.326 e. The maximum Gasteiger partial charge on any atom is 0.229 e. The summed E-state index contributed by atoms with van der Waals surface area (Å²) < 4.78 is 1.10. The molecule has 0 fully saturated rings. The average molecular weight is 284 g/mol. The fraction of sp³-hybridized carbons (Fsp3) is 0.462. The van der Waals surface area contributed by atoms with Crippen LogP contribution in [-0.2, 0) is 4.79 Å². The molecule has 1 N–H and O–H groups in total. The van der Waals surface area contributed by atoms with Gasteiger partial charge in [0.15, 0.2) is 0 Å². The summed E-state index contributed by atoms with van der Waals surface area (Å²) in [5.41, 5.74) is 2.75. The summed E-state index contributed by atoms with van der Waals surface area (Å²) >= 11 is 3.51. The van der Waals surface area contributed by atoms with Gasteiger partial charge in [0, 0.05) is 15.6 Å². The third-order valence-electron chi connectivity index (χ3n) is 2.38. The predicted molar refractivity (Wildman–Crippen MR) is 71.7 cm³/mol. The van der Waals surface area contributed by atoms with Crippen molar-refractivity contribution in [1.29, 1.82) is 0 Å². The molecular weight excluding hydrogens is 266 g/mol. The number of amides is 1. The Labute approximate surface area is 106 Å². The third kappa shape index (κ3) is 3.08. The van der Waals surface area contributed by atoms with Gasteiger partial charge in [0.25, 0.3) is 0 Å². The molecule has 1 amide bonds. The van der Waals surface area contributed by atoms with Crippen molar-refractivity contribution in [2.45, 2.75) is 34.6 Å². The van der Waals surface area contributed by atoms with Crippen LogP contribution in [0.5, 0.6) is 0 Å². The van der Waals surface area contributed by atoms with E-state index in [4.69, 9.17) is 0 Å². The largest absolute Gasteiger partial charge is 0.326 e. The Hall–Kier alpha value is -0.830. The third-order valence-corrected chi connectivity index (χ3v) is 3.63. The molecule has 0 aliphatic rings. The topological polar surface area (TPSA) is 29.1 Å². The Bertz CT molecular complexity index is 395. The molecular formula is C13H18BrNO. The van der Waals surface area contributed by atoms with Crippen LogP contribution in [0.15, 0.2) is 16.6 Å². The van der Waals surface area contributed by atoms with Crippen molar-refractivity contribution in [1.82, 2.24) is 0 Å². The van der Waals surface area contributed by atoms with E-state index >= 15 is 0 Å². The lowest BCUT2D eigenvalue weighted by Crippen LogP contribution is -2.27. The summed E-state index contributed by atoms with van der Waals surface area (Å²) in [6.45, 7) is 9.75. The minimum absolute atomic E-state index is 0.0358. The maximum absolute atomic E-state index is 11.8. The Morgan fingerprint density at radius 1 is 1.19 bits per heavy atom. The lowest BCUT2D eigenvalue weighted by molar-refractivity contribution is -0.123. The van der Waals surface area contributed by atoms with E-state index in [2.05, 4.69) is 21.2 Å².